The molecule has 0 bridgehead atoms. The Kier molecular flexibility index (Phi) is 100. The fourth-order valence-corrected chi connectivity index (χ4v) is 0.703. The molecule has 0 aliphatic carbocycles. The van der Waals surface area contributed by atoms with Crippen LogP contribution in [0.5, 0.6) is 0 Å². The van der Waals surface area contributed by atoms with Crippen LogP contribution in [0.1, 0.15) is 39.0 Å². The van der Waals surface area contributed by atoms with Gasteiger partial charge in [0.05, 0.1) is 24.7 Å². The van der Waals surface area contributed by atoms with Gasteiger partial charge in [-0.3, -0.25) is 14.4 Å². The Balaban J connectivity index is -0.0000000424. The maximum atomic E-state index is 9.96. The molecule has 0 fully saturated rings. The summed E-state index contributed by atoms with van der Waals surface area (Å²) >= 11 is 6.83. The Hall–Kier alpha value is -1.75. The Labute approximate surface area is 186 Å². The van der Waals surface area contributed by atoms with Gasteiger partial charge in [-0.1, -0.05) is 26.2 Å². The summed E-state index contributed by atoms with van der Waals surface area (Å²) in [6, 6.07) is 0. The van der Waals surface area contributed by atoms with Crippen molar-refractivity contribution in [2.75, 3.05) is 24.7 Å². The minimum atomic E-state index is -0.881. The van der Waals surface area contributed by atoms with Crippen molar-refractivity contribution in [3.8, 4) is 0 Å². The zero-order chi connectivity index (χ0) is 25.1. The van der Waals surface area contributed by atoms with E-state index in [2.05, 4.69) is 71.7 Å². The number of unbranched alkanes of at least 4 members (excludes halogenated alkanes) is 3. The first kappa shape index (κ1) is 45.8. The van der Waals surface area contributed by atoms with Crippen LogP contribution in [0.2, 0.25) is 0 Å². The number of aliphatic carboxylic acids is 3. The summed E-state index contributed by atoms with van der Waals surface area (Å²) in [5, 5.41) is 38.8. The quantitative estimate of drug-likeness (QED) is 0.165. The SMILES string of the molecule is C=C.C=C.C=C.CCCCCCC(=O)O.O=C(O)CS.O=C(O)CS.OCCO. The smallest absolute Gasteiger partial charge is 0.313 e. The van der Waals surface area contributed by atoms with Gasteiger partial charge in [0.15, 0.2) is 0 Å². The zero-order valence-electron chi connectivity index (χ0n) is 17.5. The van der Waals surface area contributed by atoms with Crippen molar-refractivity contribution in [2.45, 2.75) is 39.0 Å². The van der Waals surface area contributed by atoms with Crippen LogP contribution in [0.25, 0.3) is 0 Å². The van der Waals surface area contributed by atoms with Gasteiger partial charge in [0.25, 0.3) is 0 Å². The summed E-state index contributed by atoms with van der Waals surface area (Å²) in [5.41, 5.74) is 0. The molecule has 0 aliphatic heterocycles. The van der Waals surface area contributed by atoms with Crippen LogP contribution in [0.4, 0.5) is 0 Å². The molecule has 0 aromatic carbocycles. The molecule has 10 heteroatoms. The molecule has 8 nitrogen and oxygen atoms in total. The number of carboxylic acids is 3. The van der Waals surface area contributed by atoms with Crippen LogP contribution in [0, 0.1) is 0 Å². The molecule has 0 radical (unpaired) electrons. The van der Waals surface area contributed by atoms with Gasteiger partial charge in [-0.05, 0) is 6.42 Å². The molecule has 0 rings (SSSR count). The lowest BCUT2D eigenvalue weighted by Crippen LogP contribution is -1.92. The molecule has 176 valence electrons. The lowest BCUT2D eigenvalue weighted by Gasteiger charge is -1.92. The van der Waals surface area contributed by atoms with E-state index in [0.29, 0.717) is 6.42 Å². The largest absolute Gasteiger partial charge is 0.481 e. The van der Waals surface area contributed by atoms with E-state index in [-0.39, 0.29) is 24.7 Å². The maximum absolute atomic E-state index is 9.96. The molecule has 0 aromatic rings. The minimum absolute atomic E-state index is 0.0833. The molecule has 0 saturated heterocycles. The minimum Gasteiger partial charge on any atom is -0.481 e. The predicted molar refractivity (Wildman–Crippen MR) is 127 cm³/mol. The van der Waals surface area contributed by atoms with Crippen LogP contribution >= 0.6 is 25.3 Å². The normalized spacial score (nSPS) is 6.93. The zero-order valence-corrected chi connectivity index (χ0v) is 19.3. The standard InChI is InChI=1S/C7H14O2.2C2H4O2S.C2H6O2.3C2H4/c1-2-3-4-5-6-7(8)9;2*3-2(4)1-5;3-1-2-4;3*1-2/h2-6H2,1H3,(H,8,9);2*5H,1H2,(H,3,4);3-4H,1-2H2;3*1-2H2. The van der Waals surface area contributed by atoms with Gasteiger partial charge < -0.3 is 25.5 Å². The topological polar surface area (TPSA) is 152 Å². The second kappa shape index (κ2) is 63.4. The summed E-state index contributed by atoms with van der Waals surface area (Å²) in [7, 11) is 0. The van der Waals surface area contributed by atoms with Gasteiger partial charge in [-0.15, -0.1) is 39.5 Å². The van der Waals surface area contributed by atoms with Crippen LogP contribution in [-0.4, -0.2) is 68.2 Å². The lowest BCUT2D eigenvalue weighted by molar-refractivity contribution is -0.137. The van der Waals surface area contributed by atoms with E-state index < -0.39 is 17.9 Å². The van der Waals surface area contributed by atoms with E-state index in [1.165, 1.54) is 6.42 Å². The van der Waals surface area contributed by atoms with E-state index in [1.807, 2.05) is 0 Å². The summed E-state index contributed by atoms with van der Waals surface area (Å²) in [6.07, 6.45) is 4.55. The molecular weight excluding hydrogens is 420 g/mol. The van der Waals surface area contributed by atoms with E-state index in [4.69, 9.17) is 25.5 Å². The van der Waals surface area contributed by atoms with Crippen molar-refractivity contribution in [1.82, 2.24) is 0 Å². The molecule has 5 N–H and O–H groups in total. The van der Waals surface area contributed by atoms with Gasteiger partial charge >= 0.3 is 17.9 Å². The van der Waals surface area contributed by atoms with Crippen LogP contribution in [0.15, 0.2) is 39.5 Å². The fourth-order valence-electron chi connectivity index (χ4n) is 0.703. The molecular formula is C19H40O8S2. The number of hydrogen-bond acceptors (Lipinski definition) is 7. The lowest BCUT2D eigenvalue weighted by atomic mass is 10.2. The van der Waals surface area contributed by atoms with Crippen molar-refractivity contribution in [3.63, 3.8) is 0 Å². The van der Waals surface area contributed by atoms with Crippen molar-refractivity contribution in [1.29, 1.82) is 0 Å². The van der Waals surface area contributed by atoms with Crippen molar-refractivity contribution in [2.24, 2.45) is 0 Å². The van der Waals surface area contributed by atoms with Gasteiger partial charge in [0, 0.05) is 6.42 Å². The molecule has 0 amide bonds. The van der Waals surface area contributed by atoms with Crippen LogP contribution in [-0.2, 0) is 14.4 Å². The number of rotatable bonds is 8. The van der Waals surface area contributed by atoms with Gasteiger partial charge in [0.2, 0.25) is 0 Å². The highest BCUT2D eigenvalue weighted by molar-refractivity contribution is 7.81. The molecule has 0 heterocycles. The summed E-state index contributed by atoms with van der Waals surface area (Å²) in [6.45, 7) is 19.9. The highest BCUT2D eigenvalue weighted by atomic mass is 32.1. The second-order valence-corrected chi connectivity index (χ2v) is 4.39. The van der Waals surface area contributed by atoms with Gasteiger partial charge in [-0.2, -0.15) is 25.3 Å². The first-order chi connectivity index (χ1) is 13.7. The van der Waals surface area contributed by atoms with E-state index in [0.717, 1.165) is 19.3 Å². The van der Waals surface area contributed by atoms with Gasteiger partial charge in [0.1, 0.15) is 0 Å². The first-order valence-electron chi connectivity index (χ1n) is 8.32. The van der Waals surface area contributed by atoms with Crippen LogP contribution in [0.3, 0.4) is 0 Å². The number of carbonyl (C=O) groups is 3. The van der Waals surface area contributed by atoms with Crippen molar-refractivity contribution < 1.29 is 39.9 Å². The monoisotopic (exact) mass is 460 g/mol. The third kappa shape index (κ3) is 180. The van der Waals surface area contributed by atoms with Crippen LogP contribution < -0.4 is 0 Å². The van der Waals surface area contributed by atoms with Crippen molar-refractivity contribution >= 4 is 43.2 Å². The predicted octanol–water partition coefficient (Wildman–Crippen LogP) is 3.42. The van der Waals surface area contributed by atoms with E-state index >= 15 is 0 Å². The number of thiol groups is 2. The molecule has 0 spiro atoms. The Morgan fingerprint density at radius 2 is 0.931 bits per heavy atom. The first-order valence-corrected chi connectivity index (χ1v) is 9.58. The summed E-state index contributed by atoms with van der Waals surface area (Å²) in [5.74, 6) is -2.60. The number of aliphatic hydroxyl groups excluding tert-OH is 2. The number of carboxylic acid groups (broad SMARTS) is 3. The van der Waals surface area contributed by atoms with Crippen molar-refractivity contribution in [3.05, 3.63) is 39.5 Å². The highest BCUT2D eigenvalue weighted by Gasteiger charge is 1.93. The summed E-state index contributed by atoms with van der Waals surface area (Å²) in [4.78, 5) is 28.5. The third-order valence-corrected chi connectivity index (χ3v) is 2.16. The van der Waals surface area contributed by atoms with Gasteiger partial charge in [-0.25, -0.2) is 0 Å². The number of hydrogen-bond donors (Lipinski definition) is 7. The molecule has 0 aromatic heterocycles. The molecule has 0 atom stereocenters. The third-order valence-electron chi connectivity index (χ3n) is 1.61. The van der Waals surface area contributed by atoms with E-state index in [9.17, 15) is 14.4 Å². The fraction of sp³-hybridized carbons (Fsp3) is 0.526. The maximum Gasteiger partial charge on any atom is 0.313 e. The average molecular weight is 461 g/mol. The Morgan fingerprint density at radius 3 is 1.07 bits per heavy atom. The molecule has 29 heavy (non-hydrogen) atoms. The number of aliphatic hydroxyl groups is 2. The molecule has 0 saturated carbocycles. The highest BCUT2D eigenvalue weighted by Crippen LogP contribution is 2.01. The molecule has 0 unspecified atom stereocenters. The Morgan fingerprint density at radius 1 is 0.655 bits per heavy atom. The Bertz CT molecular complexity index is 296. The summed E-state index contributed by atoms with van der Waals surface area (Å²) < 4.78 is 0. The van der Waals surface area contributed by atoms with E-state index in [1.54, 1.807) is 0 Å². The second-order valence-electron chi connectivity index (χ2n) is 3.76. The average Bonchev–Trinajstić information content (AvgIpc) is 2.76. The molecule has 0 aliphatic rings.